The summed E-state index contributed by atoms with van der Waals surface area (Å²) in [5, 5.41) is 14.2. The molecule has 0 fully saturated rings. The van der Waals surface area contributed by atoms with E-state index in [1.165, 1.54) is 6.07 Å². The van der Waals surface area contributed by atoms with Crippen molar-refractivity contribution in [2.45, 2.75) is 25.0 Å². The molecule has 4 nitrogen and oxygen atoms in total. The van der Waals surface area contributed by atoms with Gasteiger partial charge in [-0.2, -0.15) is 0 Å². The number of aliphatic hydroxyl groups is 1. The number of fused-ring (bicyclic) bond motifs is 1. The molecule has 3 rings (SSSR count). The van der Waals surface area contributed by atoms with E-state index in [-0.39, 0.29) is 5.82 Å². The molecule has 0 bridgehead atoms. The van der Waals surface area contributed by atoms with Gasteiger partial charge in [0.1, 0.15) is 22.9 Å². The van der Waals surface area contributed by atoms with E-state index in [1.807, 2.05) is 18.2 Å². The molecule has 2 atom stereocenters. The topological polar surface area (TPSA) is 50.7 Å². The van der Waals surface area contributed by atoms with Crippen LogP contribution in [-0.4, -0.2) is 31.4 Å². The van der Waals surface area contributed by atoms with Gasteiger partial charge in [-0.25, -0.2) is 4.39 Å². The normalized spacial score (nSPS) is 22.3. The Kier molecular flexibility index (Phi) is 4.47. The van der Waals surface area contributed by atoms with Crippen molar-refractivity contribution in [3.05, 3.63) is 58.9 Å². The Labute approximate surface area is 141 Å². The van der Waals surface area contributed by atoms with Crippen LogP contribution in [0.5, 0.6) is 11.5 Å². The molecule has 0 heterocycles. The zero-order valence-corrected chi connectivity index (χ0v) is 14.1. The van der Waals surface area contributed by atoms with Crippen LogP contribution in [0.15, 0.2) is 36.4 Å². The fourth-order valence-corrected chi connectivity index (χ4v) is 3.29. The van der Waals surface area contributed by atoms with Gasteiger partial charge in [0, 0.05) is 24.1 Å². The van der Waals surface area contributed by atoms with E-state index in [9.17, 15) is 9.50 Å². The predicted molar refractivity (Wildman–Crippen MR) is 90.1 cm³/mol. The summed E-state index contributed by atoms with van der Waals surface area (Å²) in [6, 6.07) is 10.4. The number of hydrogen-bond donors (Lipinski definition) is 2. The first-order valence-electron chi connectivity index (χ1n) is 7.94. The van der Waals surface area contributed by atoms with Crippen LogP contribution < -0.4 is 14.8 Å². The van der Waals surface area contributed by atoms with E-state index in [0.29, 0.717) is 30.0 Å². The van der Waals surface area contributed by atoms with Crippen LogP contribution in [0.3, 0.4) is 0 Å². The summed E-state index contributed by atoms with van der Waals surface area (Å²) in [4.78, 5) is 0. The van der Waals surface area contributed by atoms with Gasteiger partial charge in [0.25, 0.3) is 0 Å². The van der Waals surface area contributed by atoms with Gasteiger partial charge in [-0.3, -0.25) is 0 Å². The standard InChI is InChI=1S/C19H22FNO3/c1-12-16(20)5-4-6-17(12)24-18-15-9-14(23-3)8-7-13(15)10-19(18,22)11-21-2/h4-9,18,21-22H,10-11H2,1-3H3. The van der Waals surface area contributed by atoms with Crippen molar-refractivity contribution >= 4 is 0 Å². The number of hydrogen-bond acceptors (Lipinski definition) is 4. The molecule has 0 aliphatic heterocycles. The minimum atomic E-state index is -1.11. The molecule has 0 aromatic heterocycles. The van der Waals surface area contributed by atoms with Crippen LogP contribution in [0.4, 0.5) is 4.39 Å². The third-order valence-corrected chi connectivity index (χ3v) is 4.57. The van der Waals surface area contributed by atoms with E-state index >= 15 is 0 Å². The molecule has 2 aromatic rings. The predicted octanol–water partition coefficient (Wildman–Crippen LogP) is 2.77. The molecule has 1 aliphatic rings. The Hall–Kier alpha value is -2.11. The Balaban J connectivity index is 2.03. The van der Waals surface area contributed by atoms with Crippen molar-refractivity contribution in [3.8, 4) is 11.5 Å². The number of benzene rings is 2. The van der Waals surface area contributed by atoms with Crippen LogP contribution >= 0.6 is 0 Å². The van der Waals surface area contributed by atoms with Crippen molar-refractivity contribution in [2.75, 3.05) is 20.7 Å². The molecular formula is C19H22FNO3. The van der Waals surface area contributed by atoms with Crippen LogP contribution in [0.25, 0.3) is 0 Å². The van der Waals surface area contributed by atoms with Gasteiger partial charge in [0.2, 0.25) is 0 Å². The average molecular weight is 331 g/mol. The summed E-state index contributed by atoms with van der Waals surface area (Å²) in [6.07, 6.45) is -0.137. The zero-order chi connectivity index (χ0) is 17.3. The first kappa shape index (κ1) is 16.7. The smallest absolute Gasteiger partial charge is 0.154 e. The number of methoxy groups -OCH3 is 1. The molecule has 1 aliphatic carbocycles. The van der Waals surface area contributed by atoms with Crippen molar-refractivity contribution < 1.29 is 19.0 Å². The van der Waals surface area contributed by atoms with Gasteiger partial charge >= 0.3 is 0 Å². The van der Waals surface area contributed by atoms with Gasteiger partial charge in [0.15, 0.2) is 6.10 Å². The highest BCUT2D eigenvalue weighted by molar-refractivity contribution is 5.45. The van der Waals surface area contributed by atoms with E-state index in [1.54, 1.807) is 33.2 Å². The molecule has 0 radical (unpaired) electrons. The second-order valence-electron chi connectivity index (χ2n) is 6.24. The maximum atomic E-state index is 13.8. The van der Waals surface area contributed by atoms with Gasteiger partial charge in [-0.05, 0) is 43.8 Å². The summed E-state index contributed by atoms with van der Waals surface area (Å²) >= 11 is 0. The summed E-state index contributed by atoms with van der Waals surface area (Å²) in [7, 11) is 3.38. The van der Waals surface area contributed by atoms with E-state index in [2.05, 4.69) is 5.32 Å². The van der Waals surface area contributed by atoms with Crippen LogP contribution in [0.2, 0.25) is 0 Å². The van der Waals surface area contributed by atoms with Crippen LogP contribution in [-0.2, 0) is 6.42 Å². The molecule has 0 saturated carbocycles. The number of ether oxygens (including phenoxy) is 2. The molecule has 0 saturated heterocycles. The second kappa shape index (κ2) is 6.42. The average Bonchev–Trinajstić information content (AvgIpc) is 2.83. The molecule has 128 valence electrons. The summed E-state index contributed by atoms with van der Waals surface area (Å²) in [5.74, 6) is 0.811. The molecule has 2 unspecified atom stereocenters. The molecule has 0 spiro atoms. The lowest BCUT2D eigenvalue weighted by molar-refractivity contribution is -0.0488. The largest absolute Gasteiger partial charge is 0.497 e. The lowest BCUT2D eigenvalue weighted by atomic mass is 9.97. The van der Waals surface area contributed by atoms with Gasteiger partial charge in [-0.1, -0.05) is 12.1 Å². The highest BCUT2D eigenvalue weighted by Gasteiger charge is 2.46. The van der Waals surface area contributed by atoms with Crippen molar-refractivity contribution in [1.82, 2.24) is 5.32 Å². The molecular weight excluding hydrogens is 309 g/mol. The van der Waals surface area contributed by atoms with Gasteiger partial charge < -0.3 is 19.9 Å². The van der Waals surface area contributed by atoms with E-state index in [0.717, 1.165) is 11.1 Å². The lowest BCUT2D eigenvalue weighted by Gasteiger charge is -2.31. The molecule has 2 N–H and O–H groups in total. The highest BCUT2D eigenvalue weighted by atomic mass is 19.1. The molecule has 24 heavy (non-hydrogen) atoms. The maximum Gasteiger partial charge on any atom is 0.154 e. The van der Waals surface area contributed by atoms with Crippen molar-refractivity contribution in [3.63, 3.8) is 0 Å². The van der Waals surface area contributed by atoms with Crippen molar-refractivity contribution in [1.29, 1.82) is 0 Å². The van der Waals surface area contributed by atoms with Crippen LogP contribution in [0.1, 0.15) is 22.8 Å². The monoisotopic (exact) mass is 331 g/mol. The summed E-state index contributed by atoms with van der Waals surface area (Å²) < 4.78 is 25.2. The highest BCUT2D eigenvalue weighted by Crippen LogP contribution is 2.44. The SMILES string of the molecule is CNCC1(O)Cc2ccc(OC)cc2C1Oc1cccc(F)c1C. The first-order valence-corrected chi connectivity index (χ1v) is 7.94. The fraction of sp³-hybridized carbons (Fsp3) is 0.368. The first-order chi connectivity index (χ1) is 11.5. The Morgan fingerprint density at radius 2 is 2.12 bits per heavy atom. The molecule has 5 heteroatoms. The number of halogens is 1. The third-order valence-electron chi connectivity index (χ3n) is 4.57. The summed E-state index contributed by atoms with van der Waals surface area (Å²) in [6.45, 7) is 2.03. The molecule has 0 amide bonds. The van der Waals surface area contributed by atoms with Gasteiger partial charge in [-0.15, -0.1) is 0 Å². The quantitative estimate of drug-likeness (QED) is 0.885. The Bertz CT molecular complexity index is 749. The van der Waals surface area contributed by atoms with E-state index < -0.39 is 11.7 Å². The second-order valence-corrected chi connectivity index (χ2v) is 6.24. The maximum absolute atomic E-state index is 13.8. The lowest BCUT2D eigenvalue weighted by Crippen LogP contribution is -2.45. The van der Waals surface area contributed by atoms with Gasteiger partial charge in [0.05, 0.1) is 7.11 Å². The number of nitrogens with one attached hydrogen (secondary N) is 1. The molecule has 2 aromatic carbocycles. The Morgan fingerprint density at radius 3 is 2.83 bits per heavy atom. The summed E-state index contributed by atoms with van der Waals surface area (Å²) in [5.41, 5.74) is 1.20. The number of likely N-dealkylation sites (N-methyl/N-ethyl adjacent to an activating group) is 1. The van der Waals surface area contributed by atoms with Crippen LogP contribution in [0, 0.1) is 12.7 Å². The zero-order valence-electron chi connectivity index (χ0n) is 14.1. The minimum absolute atomic E-state index is 0.325. The fourth-order valence-electron chi connectivity index (χ4n) is 3.29. The third kappa shape index (κ3) is 2.85. The minimum Gasteiger partial charge on any atom is -0.497 e. The number of rotatable bonds is 5. The van der Waals surface area contributed by atoms with Crippen molar-refractivity contribution in [2.24, 2.45) is 0 Å². The van der Waals surface area contributed by atoms with E-state index in [4.69, 9.17) is 9.47 Å². The Morgan fingerprint density at radius 1 is 1.33 bits per heavy atom.